The summed E-state index contributed by atoms with van der Waals surface area (Å²) >= 11 is 1.58. The molecule has 1 aromatic rings. The maximum atomic E-state index is 12.7. The van der Waals surface area contributed by atoms with Gasteiger partial charge in [-0.2, -0.15) is 0 Å². The zero-order chi connectivity index (χ0) is 14.4. The summed E-state index contributed by atoms with van der Waals surface area (Å²) in [7, 11) is -3.03. The highest BCUT2D eigenvalue weighted by molar-refractivity contribution is 7.53. The van der Waals surface area contributed by atoms with E-state index in [1.54, 1.807) is 11.3 Å². The molecule has 114 valence electrons. The van der Waals surface area contributed by atoms with E-state index in [1.165, 1.54) is 19.3 Å². The van der Waals surface area contributed by atoms with E-state index in [-0.39, 0.29) is 0 Å². The average molecular weight is 317 g/mol. The van der Waals surface area contributed by atoms with Gasteiger partial charge in [0.2, 0.25) is 0 Å². The number of rotatable bonds is 9. The molecule has 1 aliphatic carbocycles. The Labute approximate surface area is 125 Å². The summed E-state index contributed by atoms with van der Waals surface area (Å²) in [6.45, 7) is 4.95. The molecule has 2 rings (SSSR count). The van der Waals surface area contributed by atoms with Crippen molar-refractivity contribution < 1.29 is 13.6 Å². The number of hydrogen-bond acceptors (Lipinski definition) is 5. The minimum atomic E-state index is -3.03. The molecule has 0 amide bonds. The highest BCUT2D eigenvalue weighted by atomic mass is 32.1. The van der Waals surface area contributed by atoms with Crippen molar-refractivity contribution in [3.63, 3.8) is 0 Å². The lowest BCUT2D eigenvalue weighted by Crippen LogP contribution is -2.09. The zero-order valence-corrected chi connectivity index (χ0v) is 14.0. The summed E-state index contributed by atoms with van der Waals surface area (Å²) in [5, 5.41) is 2.98. The summed E-state index contributed by atoms with van der Waals surface area (Å²) in [6, 6.07) is 0. The number of thiazole rings is 1. The van der Waals surface area contributed by atoms with Crippen LogP contribution in [0.15, 0.2) is 5.38 Å². The lowest BCUT2D eigenvalue weighted by atomic mass is 9.83. The summed E-state index contributed by atoms with van der Waals surface area (Å²) < 4.78 is 23.7. The van der Waals surface area contributed by atoms with Crippen molar-refractivity contribution in [1.29, 1.82) is 0 Å². The van der Waals surface area contributed by atoms with Crippen LogP contribution in [0.1, 0.15) is 62.6 Å². The van der Waals surface area contributed by atoms with Gasteiger partial charge >= 0.3 is 7.60 Å². The normalized spacial score (nSPS) is 16.3. The van der Waals surface area contributed by atoms with Crippen molar-refractivity contribution in [3.05, 3.63) is 16.1 Å². The van der Waals surface area contributed by atoms with E-state index in [1.807, 2.05) is 13.8 Å². The van der Waals surface area contributed by atoms with Crippen LogP contribution in [0.25, 0.3) is 0 Å². The molecular formula is C14H24NO3PS. The largest absolute Gasteiger partial charge is 0.337 e. The third-order valence-corrected chi connectivity index (χ3v) is 6.33. The van der Waals surface area contributed by atoms with Crippen LogP contribution in [0.4, 0.5) is 0 Å². The van der Waals surface area contributed by atoms with Crippen LogP contribution in [0, 0.1) is 0 Å². The fraction of sp³-hybridized carbons (Fsp3) is 0.786. The van der Waals surface area contributed by atoms with Crippen molar-refractivity contribution in [2.45, 2.75) is 58.0 Å². The van der Waals surface area contributed by atoms with Gasteiger partial charge in [0.25, 0.3) is 0 Å². The van der Waals surface area contributed by atoms with Crippen LogP contribution in [-0.2, 0) is 19.8 Å². The van der Waals surface area contributed by atoms with Gasteiger partial charge in [0.1, 0.15) is 11.2 Å². The molecule has 6 heteroatoms. The second kappa shape index (κ2) is 7.69. The minimum Gasteiger partial charge on any atom is -0.308 e. The van der Waals surface area contributed by atoms with Gasteiger partial charge in [-0.3, -0.25) is 4.57 Å². The molecule has 0 bridgehead atoms. The molecule has 1 aromatic heterocycles. The van der Waals surface area contributed by atoms with Gasteiger partial charge in [-0.1, -0.05) is 20.3 Å². The first-order chi connectivity index (χ1) is 9.67. The molecular weight excluding hydrogens is 293 g/mol. The second-order valence-corrected chi connectivity index (χ2v) is 8.23. The van der Waals surface area contributed by atoms with Crippen LogP contribution in [0.5, 0.6) is 0 Å². The summed E-state index contributed by atoms with van der Waals surface area (Å²) in [6.07, 6.45) is 5.76. The van der Waals surface area contributed by atoms with Gasteiger partial charge in [-0.15, -0.1) is 11.3 Å². The van der Waals surface area contributed by atoms with Crippen molar-refractivity contribution >= 4 is 18.9 Å². The maximum Gasteiger partial charge on any atom is 0.337 e. The van der Waals surface area contributed by atoms with Crippen LogP contribution < -0.4 is 0 Å². The molecule has 0 aromatic carbocycles. The van der Waals surface area contributed by atoms with Crippen molar-refractivity contribution in [1.82, 2.24) is 4.98 Å². The Hall–Kier alpha value is -0.220. The Kier molecular flexibility index (Phi) is 6.21. The predicted octanol–water partition coefficient (Wildman–Crippen LogP) is 4.96. The Balaban J connectivity index is 1.98. The molecule has 4 nitrogen and oxygen atoms in total. The predicted molar refractivity (Wildman–Crippen MR) is 82.5 cm³/mol. The maximum absolute atomic E-state index is 12.7. The second-order valence-electron chi connectivity index (χ2n) is 5.23. The monoisotopic (exact) mass is 317 g/mol. The summed E-state index contributed by atoms with van der Waals surface area (Å²) in [4.78, 5) is 4.62. The quantitative estimate of drug-likeness (QED) is 0.604. The first-order valence-corrected chi connectivity index (χ1v) is 10.1. The van der Waals surface area contributed by atoms with Crippen LogP contribution in [0.3, 0.4) is 0 Å². The van der Waals surface area contributed by atoms with Gasteiger partial charge in [0.15, 0.2) is 0 Å². The standard InChI is InChI=1S/C14H24NO3PS/c1-3-8-17-19(16,18-9-4-2)10-14-15-13(11-20-14)12-6-5-7-12/h11-12H,3-10H2,1-2H3. The van der Waals surface area contributed by atoms with Gasteiger partial charge in [-0.05, 0) is 25.7 Å². The Bertz CT molecular complexity index is 447. The molecule has 1 saturated carbocycles. The van der Waals surface area contributed by atoms with E-state index in [9.17, 15) is 4.57 Å². The molecule has 0 atom stereocenters. The first-order valence-electron chi connectivity index (χ1n) is 7.49. The van der Waals surface area contributed by atoms with Gasteiger partial charge in [0, 0.05) is 11.3 Å². The lowest BCUT2D eigenvalue weighted by molar-refractivity contribution is 0.203. The van der Waals surface area contributed by atoms with E-state index in [0.29, 0.717) is 25.3 Å². The van der Waals surface area contributed by atoms with Crippen LogP contribution in [-0.4, -0.2) is 18.2 Å². The van der Waals surface area contributed by atoms with Crippen molar-refractivity contribution in [2.75, 3.05) is 13.2 Å². The molecule has 1 aliphatic rings. The SMILES string of the molecule is CCCOP(=O)(Cc1nc(C2CCC2)cs1)OCCC. The Morgan fingerprint density at radius 2 is 1.95 bits per heavy atom. The molecule has 0 spiro atoms. The third kappa shape index (κ3) is 4.39. The minimum absolute atomic E-state index is 0.310. The fourth-order valence-corrected chi connectivity index (χ4v) is 5.06. The molecule has 0 saturated heterocycles. The summed E-state index contributed by atoms with van der Waals surface area (Å²) in [5.41, 5.74) is 1.16. The number of hydrogen-bond donors (Lipinski definition) is 0. The van der Waals surface area contributed by atoms with Gasteiger partial charge in [0.05, 0.1) is 18.9 Å². The lowest BCUT2D eigenvalue weighted by Gasteiger charge is -2.23. The van der Waals surface area contributed by atoms with E-state index in [0.717, 1.165) is 23.5 Å². The smallest absolute Gasteiger partial charge is 0.308 e. The zero-order valence-electron chi connectivity index (χ0n) is 12.3. The van der Waals surface area contributed by atoms with E-state index in [4.69, 9.17) is 9.05 Å². The highest BCUT2D eigenvalue weighted by Gasteiger charge is 2.28. The molecule has 1 heterocycles. The Morgan fingerprint density at radius 3 is 2.45 bits per heavy atom. The molecule has 20 heavy (non-hydrogen) atoms. The molecule has 0 radical (unpaired) electrons. The number of nitrogens with zero attached hydrogens (tertiary/aromatic N) is 1. The first kappa shape index (κ1) is 16.2. The topological polar surface area (TPSA) is 48.4 Å². The van der Waals surface area contributed by atoms with Crippen LogP contribution in [0.2, 0.25) is 0 Å². The van der Waals surface area contributed by atoms with Crippen molar-refractivity contribution in [2.24, 2.45) is 0 Å². The van der Waals surface area contributed by atoms with E-state index in [2.05, 4.69) is 10.4 Å². The molecule has 0 N–H and O–H groups in total. The molecule has 0 unspecified atom stereocenters. The van der Waals surface area contributed by atoms with Gasteiger partial charge in [-0.25, -0.2) is 4.98 Å². The van der Waals surface area contributed by atoms with E-state index >= 15 is 0 Å². The number of aromatic nitrogens is 1. The van der Waals surface area contributed by atoms with E-state index < -0.39 is 7.60 Å². The third-order valence-electron chi connectivity index (χ3n) is 3.41. The molecule has 0 aliphatic heterocycles. The highest BCUT2D eigenvalue weighted by Crippen LogP contribution is 2.52. The summed E-state index contributed by atoms with van der Waals surface area (Å²) in [5.74, 6) is 0.618. The molecule has 1 fully saturated rings. The average Bonchev–Trinajstić information content (AvgIpc) is 2.80. The fourth-order valence-electron chi connectivity index (χ4n) is 2.04. The van der Waals surface area contributed by atoms with Gasteiger partial charge < -0.3 is 9.05 Å². The Morgan fingerprint density at radius 1 is 1.30 bits per heavy atom. The van der Waals surface area contributed by atoms with Crippen molar-refractivity contribution in [3.8, 4) is 0 Å². The van der Waals surface area contributed by atoms with Crippen LogP contribution >= 0.6 is 18.9 Å².